The predicted octanol–water partition coefficient (Wildman–Crippen LogP) is 3.50. The van der Waals surface area contributed by atoms with Crippen molar-refractivity contribution in [1.82, 2.24) is 4.90 Å². The van der Waals surface area contributed by atoms with E-state index < -0.39 is 11.6 Å². The van der Waals surface area contributed by atoms with E-state index in [-0.39, 0.29) is 11.8 Å². The molecule has 2 N–H and O–H groups in total. The number of aliphatic hydroxyl groups is 1. The molecule has 1 aliphatic rings. The van der Waals surface area contributed by atoms with Crippen molar-refractivity contribution in [3.63, 3.8) is 0 Å². The summed E-state index contributed by atoms with van der Waals surface area (Å²) >= 11 is 0. The minimum Gasteiger partial charge on any atom is -0.479 e. The third kappa shape index (κ3) is 4.11. The van der Waals surface area contributed by atoms with Crippen LogP contribution in [0.3, 0.4) is 0 Å². The summed E-state index contributed by atoms with van der Waals surface area (Å²) in [4.78, 5) is 14.6. The fourth-order valence-electron chi connectivity index (χ4n) is 4.51. The van der Waals surface area contributed by atoms with Gasteiger partial charge in [0.1, 0.15) is 0 Å². The summed E-state index contributed by atoms with van der Waals surface area (Å²) < 4.78 is 0. The van der Waals surface area contributed by atoms with Gasteiger partial charge >= 0.3 is 5.97 Å². The third-order valence-corrected chi connectivity index (χ3v) is 5.90. The summed E-state index contributed by atoms with van der Waals surface area (Å²) in [7, 11) is 0. The molecule has 4 heteroatoms. The number of hydrogen-bond acceptors (Lipinski definition) is 3. The quantitative estimate of drug-likeness (QED) is 0.733. The van der Waals surface area contributed by atoms with Gasteiger partial charge in [0.25, 0.3) is 0 Å². The van der Waals surface area contributed by atoms with E-state index in [1.54, 1.807) is 31.2 Å². The molecule has 0 aliphatic heterocycles. The maximum atomic E-state index is 12.2. The normalized spacial score (nSPS) is 25.2. The van der Waals surface area contributed by atoms with Crippen molar-refractivity contribution in [2.24, 2.45) is 11.8 Å². The van der Waals surface area contributed by atoms with Crippen LogP contribution in [0.15, 0.2) is 30.3 Å². The molecule has 142 valence electrons. The molecule has 0 spiro atoms. The van der Waals surface area contributed by atoms with Crippen LogP contribution in [-0.4, -0.2) is 40.2 Å². The Balaban J connectivity index is 2.37. The maximum Gasteiger partial charge on any atom is 0.340 e. The van der Waals surface area contributed by atoms with Gasteiger partial charge in [0.05, 0.1) is 0 Å². The number of hydrogen-bond donors (Lipinski definition) is 2. The lowest BCUT2D eigenvalue weighted by Crippen LogP contribution is -2.51. The summed E-state index contributed by atoms with van der Waals surface area (Å²) in [5.74, 6) is 4.63. The molecule has 0 aromatic heterocycles. The number of carbonyl (C=O) groups is 1. The van der Waals surface area contributed by atoms with E-state index in [1.165, 1.54) is 0 Å². The van der Waals surface area contributed by atoms with Crippen molar-refractivity contribution < 1.29 is 15.0 Å². The highest BCUT2D eigenvalue weighted by Gasteiger charge is 2.50. The third-order valence-electron chi connectivity index (χ3n) is 5.90. The van der Waals surface area contributed by atoms with Crippen molar-refractivity contribution in [2.75, 3.05) is 13.1 Å². The standard InChI is InChI=1S/C22H31NO3/c1-4-7-11-17-16-19(23(5-2)6-3)14-15-20(17)22(26,21(24)25)18-12-9-8-10-13-18/h8-10,12-13,17,19-20,26H,5-6,11,14-16H2,1-3H3,(H,24,25). The molecule has 1 fully saturated rings. The zero-order valence-electron chi connectivity index (χ0n) is 16.1. The summed E-state index contributed by atoms with van der Waals surface area (Å²) in [5, 5.41) is 21.3. The minimum absolute atomic E-state index is 0.0584. The lowest BCUT2D eigenvalue weighted by Gasteiger charge is -2.45. The van der Waals surface area contributed by atoms with E-state index in [9.17, 15) is 15.0 Å². The van der Waals surface area contributed by atoms with Gasteiger partial charge < -0.3 is 15.1 Å². The molecule has 1 aliphatic carbocycles. The number of rotatable bonds is 7. The Kier molecular flexibility index (Phi) is 7.25. The Bertz CT molecular complexity index is 644. The van der Waals surface area contributed by atoms with Crippen LogP contribution in [0, 0.1) is 23.7 Å². The number of benzene rings is 1. The summed E-state index contributed by atoms with van der Waals surface area (Å²) in [6, 6.07) is 9.26. The molecule has 4 nitrogen and oxygen atoms in total. The smallest absolute Gasteiger partial charge is 0.340 e. The molecule has 0 saturated heterocycles. The van der Waals surface area contributed by atoms with Crippen molar-refractivity contribution in [3.05, 3.63) is 35.9 Å². The topological polar surface area (TPSA) is 60.8 Å². The van der Waals surface area contributed by atoms with Gasteiger partial charge in [-0.1, -0.05) is 44.2 Å². The summed E-state index contributed by atoms with van der Waals surface area (Å²) in [5.41, 5.74) is -1.40. The van der Waals surface area contributed by atoms with Crippen LogP contribution in [0.25, 0.3) is 0 Å². The van der Waals surface area contributed by atoms with Crippen LogP contribution < -0.4 is 0 Å². The first-order valence-corrected chi connectivity index (χ1v) is 9.63. The first-order chi connectivity index (χ1) is 12.5. The van der Waals surface area contributed by atoms with Crippen LogP contribution in [0.4, 0.5) is 0 Å². The second kappa shape index (κ2) is 9.21. The molecule has 26 heavy (non-hydrogen) atoms. The monoisotopic (exact) mass is 357 g/mol. The van der Waals surface area contributed by atoms with Crippen molar-refractivity contribution in [1.29, 1.82) is 0 Å². The highest BCUT2D eigenvalue weighted by Crippen LogP contribution is 2.45. The molecule has 4 atom stereocenters. The fourth-order valence-corrected chi connectivity index (χ4v) is 4.51. The Hall–Kier alpha value is -1.83. The van der Waals surface area contributed by atoms with E-state index in [1.807, 2.05) is 6.07 Å². The van der Waals surface area contributed by atoms with Crippen molar-refractivity contribution in [3.8, 4) is 11.8 Å². The predicted molar refractivity (Wildman–Crippen MR) is 104 cm³/mol. The molecule has 0 radical (unpaired) electrons. The molecule has 4 unspecified atom stereocenters. The Morgan fingerprint density at radius 1 is 1.23 bits per heavy atom. The van der Waals surface area contributed by atoms with Crippen molar-refractivity contribution in [2.45, 2.75) is 58.1 Å². The Morgan fingerprint density at radius 2 is 1.88 bits per heavy atom. The zero-order valence-corrected chi connectivity index (χ0v) is 16.1. The van der Waals surface area contributed by atoms with Gasteiger partial charge in [-0.25, -0.2) is 4.79 Å². The SMILES string of the molecule is CC#CCC1CC(N(CC)CC)CCC1C(O)(C(=O)O)c1ccccc1. The molecule has 1 saturated carbocycles. The second-order valence-electron chi connectivity index (χ2n) is 7.12. The van der Waals surface area contributed by atoms with E-state index in [2.05, 4.69) is 30.6 Å². The lowest BCUT2D eigenvalue weighted by molar-refractivity contribution is -0.172. The van der Waals surface area contributed by atoms with Crippen LogP contribution in [-0.2, 0) is 10.4 Å². The first kappa shape index (κ1) is 20.5. The molecule has 1 aromatic rings. The highest BCUT2D eigenvalue weighted by molar-refractivity contribution is 5.79. The number of carboxylic acid groups (broad SMARTS) is 1. The van der Waals surface area contributed by atoms with E-state index in [0.717, 1.165) is 25.9 Å². The average Bonchev–Trinajstić information content (AvgIpc) is 2.67. The van der Waals surface area contributed by atoms with Gasteiger partial charge in [0.2, 0.25) is 0 Å². The Labute approximate surface area is 157 Å². The fraction of sp³-hybridized carbons (Fsp3) is 0.591. The number of carboxylic acids is 1. The van der Waals surface area contributed by atoms with E-state index >= 15 is 0 Å². The molecular weight excluding hydrogens is 326 g/mol. The van der Waals surface area contributed by atoms with Gasteiger partial charge in [-0.05, 0) is 50.8 Å². The Morgan fingerprint density at radius 3 is 2.42 bits per heavy atom. The molecule has 0 amide bonds. The largest absolute Gasteiger partial charge is 0.479 e. The zero-order chi connectivity index (χ0) is 19.2. The van der Waals surface area contributed by atoms with Crippen LogP contribution >= 0.6 is 0 Å². The number of aliphatic carboxylic acids is 1. The van der Waals surface area contributed by atoms with Gasteiger partial charge in [-0.15, -0.1) is 11.8 Å². The average molecular weight is 357 g/mol. The molecular formula is C22H31NO3. The van der Waals surface area contributed by atoms with Gasteiger partial charge in [0, 0.05) is 18.4 Å². The molecule has 0 heterocycles. The van der Waals surface area contributed by atoms with E-state index in [4.69, 9.17) is 0 Å². The second-order valence-corrected chi connectivity index (χ2v) is 7.12. The lowest BCUT2D eigenvalue weighted by atomic mass is 9.65. The molecule has 0 bridgehead atoms. The first-order valence-electron chi connectivity index (χ1n) is 9.63. The van der Waals surface area contributed by atoms with Crippen LogP contribution in [0.5, 0.6) is 0 Å². The van der Waals surface area contributed by atoms with Gasteiger partial charge in [-0.3, -0.25) is 0 Å². The number of nitrogens with zero attached hydrogens (tertiary/aromatic N) is 1. The molecule has 2 rings (SSSR count). The highest BCUT2D eigenvalue weighted by atomic mass is 16.4. The maximum absolute atomic E-state index is 12.2. The van der Waals surface area contributed by atoms with Gasteiger partial charge in [0.15, 0.2) is 5.60 Å². The van der Waals surface area contributed by atoms with Gasteiger partial charge in [-0.2, -0.15) is 0 Å². The molecule has 1 aromatic carbocycles. The summed E-state index contributed by atoms with van der Waals surface area (Å²) in [6.45, 7) is 8.10. The van der Waals surface area contributed by atoms with E-state index in [0.29, 0.717) is 24.4 Å². The van der Waals surface area contributed by atoms with Crippen molar-refractivity contribution >= 4 is 5.97 Å². The van der Waals surface area contributed by atoms with Crippen LogP contribution in [0.1, 0.15) is 52.0 Å². The van der Waals surface area contributed by atoms with Crippen LogP contribution in [0.2, 0.25) is 0 Å². The summed E-state index contributed by atoms with van der Waals surface area (Å²) in [6.07, 6.45) is 3.10. The minimum atomic E-state index is -1.87.